The van der Waals surface area contributed by atoms with E-state index in [9.17, 15) is 4.39 Å². The van der Waals surface area contributed by atoms with E-state index in [1.54, 1.807) is 23.5 Å². The van der Waals surface area contributed by atoms with Crippen molar-refractivity contribution in [2.75, 3.05) is 0 Å². The monoisotopic (exact) mass is 249 g/mol. The molecule has 0 saturated heterocycles. The number of benzene rings is 1. The van der Waals surface area contributed by atoms with Crippen molar-refractivity contribution in [2.24, 2.45) is 5.73 Å². The van der Waals surface area contributed by atoms with Gasteiger partial charge in [0.25, 0.3) is 0 Å². The molecule has 2 aromatic rings. The summed E-state index contributed by atoms with van der Waals surface area (Å²) < 4.78 is 13.0. The molecule has 1 nitrogen and oxygen atoms in total. The van der Waals surface area contributed by atoms with Gasteiger partial charge in [-0.25, -0.2) is 4.39 Å². The Morgan fingerprint density at radius 3 is 2.82 bits per heavy atom. The summed E-state index contributed by atoms with van der Waals surface area (Å²) >= 11 is 1.75. The predicted molar refractivity (Wildman–Crippen MR) is 70.7 cm³/mol. The highest BCUT2D eigenvalue weighted by Gasteiger charge is 2.10. The minimum absolute atomic E-state index is 0.0160. The molecule has 0 fully saturated rings. The van der Waals surface area contributed by atoms with Crippen LogP contribution >= 0.6 is 11.3 Å². The quantitative estimate of drug-likeness (QED) is 0.875. The van der Waals surface area contributed by atoms with E-state index >= 15 is 0 Å². The third-order valence-corrected chi connectivity index (χ3v) is 3.85. The van der Waals surface area contributed by atoms with Crippen LogP contribution in [0, 0.1) is 12.7 Å². The second-order valence-electron chi connectivity index (χ2n) is 4.23. The lowest BCUT2D eigenvalue weighted by molar-refractivity contribution is 0.616. The number of rotatable bonds is 4. The van der Waals surface area contributed by atoms with Crippen LogP contribution in [0.25, 0.3) is 0 Å². The molecule has 1 aromatic carbocycles. The smallest absolute Gasteiger partial charge is 0.123 e. The number of thiophene rings is 1. The van der Waals surface area contributed by atoms with Crippen molar-refractivity contribution in [1.29, 1.82) is 0 Å². The number of hydrogen-bond acceptors (Lipinski definition) is 2. The van der Waals surface area contributed by atoms with Crippen LogP contribution in [-0.4, -0.2) is 0 Å². The van der Waals surface area contributed by atoms with E-state index in [4.69, 9.17) is 5.73 Å². The van der Waals surface area contributed by atoms with Crippen LogP contribution in [0.5, 0.6) is 0 Å². The summed E-state index contributed by atoms with van der Waals surface area (Å²) in [7, 11) is 0. The number of halogens is 1. The molecule has 0 radical (unpaired) electrons. The molecule has 17 heavy (non-hydrogen) atoms. The lowest BCUT2D eigenvalue weighted by atomic mass is 9.98. The topological polar surface area (TPSA) is 26.0 Å². The first-order valence-electron chi connectivity index (χ1n) is 5.71. The van der Waals surface area contributed by atoms with Crippen molar-refractivity contribution in [1.82, 2.24) is 0 Å². The Balaban J connectivity index is 2.01. The average Bonchev–Trinajstić information content (AvgIpc) is 2.78. The fourth-order valence-electron chi connectivity index (χ4n) is 1.96. The Morgan fingerprint density at radius 1 is 1.35 bits per heavy atom. The lowest BCUT2D eigenvalue weighted by Gasteiger charge is -2.14. The van der Waals surface area contributed by atoms with E-state index in [0.717, 1.165) is 24.0 Å². The van der Waals surface area contributed by atoms with Gasteiger partial charge in [0.15, 0.2) is 0 Å². The summed E-state index contributed by atoms with van der Waals surface area (Å²) in [5.41, 5.74) is 8.12. The van der Waals surface area contributed by atoms with Gasteiger partial charge in [-0.2, -0.15) is 0 Å². The van der Waals surface area contributed by atoms with Crippen molar-refractivity contribution < 1.29 is 4.39 Å². The zero-order chi connectivity index (χ0) is 12.3. The van der Waals surface area contributed by atoms with Gasteiger partial charge in [-0.05, 0) is 54.5 Å². The Labute approximate surface area is 105 Å². The number of hydrogen-bond donors (Lipinski definition) is 1. The molecule has 0 aliphatic carbocycles. The van der Waals surface area contributed by atoms with Crippen molar-refractivity contribution in [3.63, 3.8) is 0 Å². The van der Waals surface area contributed by atoms with Gasteiger partial charge in [0.2, 0.25) is 0 Å². The maximum absolute atomic E-state index is 13.0. The fraction of sp³-hybridized carbons (Fsp3) is 0.286. The van der Waals surface area contributed by atoms with Gasteiger partial charge in [0.05, 0.1) is 0 Å². The third kappa shape index (κ3) is 3.14. The standard InChI is InChI=1S/C14H16FNS/c1-10-9-11(15)4-6-13(10)14(16)7-5-12-3-2-8-17-12/h2-4,6,8-9,14H,5,7,16H2,1H3. The van der Waals surface area contributed by atoms with Crippen molar-refractivity contribution in [3.8, 4) is 0 Å². The van der Waals surface area contributed by atoms with Gasteiger partial charge < -0.3 is 5.73 Å². The molecule has 90 valence electrons. The van der Waals surface area contributed by atoms with Crippen molar-refractivity contribution in [3.05, 3.63) is 57.5 Å². The first kappa shape index (κ1) is 12.3. The average molecular weight is 249 g/mol. The number of nitrogens with two attached hydrogens (primary N) is 1. The Bertz CT molecular complexity index is 479. The SMILES string of the molecule is Cc1cc(F)ccc1C(N)CCc1cccs1. The van der Waals surface area contributed by atoms with Crippen molar-refractivity contribution >= 4 is 11.3 Å². The van der Waals surface area contributed by atoms with Crippen LogP contribution < -0.4 is 5.73 Å². The fourth-order valence-corrected chi connectivity index (χ4v) is 2.69. The summed E-state index contributed by atoms with van der Waals surface area (Å²) in [6.45, 7) is 1.91. The van der Waals surface area contributed by atoms with Gasteiger partial charge in [0.1, 0.15) is 5.82 Å². The molecular formula is C14H16FNS. The largest absolute Gasteiger partial charge is 0.324 e. The first-order chi connectivity index (χ1) is 8.16. The molecule has 2 rings (SSSR count). The number of aryl methyl sites for hydroxylation is 2. The minimum atomic E-state index is -0.197. The molecule has 0 aliphatic rings. The van der Waals surface area contributed by atoms with Crippen LogP contribution in [0.1, 0.15) is 28.5 Å². The second kappa shape index (κ2) is 5.43. The van der Waals surface area contributed by atoms with Crippen LogP contribution in [-0.2, 0) is 6.42 Å². The predicted octanol–water partition coefficient (Wildman–Crippen LogP) is 3.83. The minimum Gasteiger partial charge on any atom is -0.324 e. The van der Waals surface area contributed by atoms with Crippen molar-refractivity contribution in [2.45, 2.75) is 25.8 Å². The summed E-state index contributed by atoms with van der Waals surface area (Å²) in [4.78, 5) is 1.35. The molecule has 2 N–H and O–H groups in total. The van der Waals surface area contributed by atoms with Crippen LogP contribution in [0.4, 0.5) is 4.39 Å². The highest BCUT2D eigenvalue weighted by Crippen LogP contribution is 2.22. The van der Waals surface area contributed by atoms with E-state index in [0.29, 0.717) is 0 Å². The van der Waals surface area contributed by atoms with E-state index in [1.165, 1.54) is 10.9 Å². The lowest BCUT2D eigenvalue weighted by Crippen LogP contribution is -2.12. The molecule has 1 unspecified atom stereocenters. The Kier molecular flexibility index (Phi) is 3.92. The van der Waals surface area contributed by atoms with Gasteiger partial charge in [-0.15, -0.1) is 11.3 Å². The van der Waals surface area contributed by atoms with Gasteiger partial charge in [-0.3, -0.25) is 0 Å². The molecule has 1 atom stereocenters. The summed E-state index contributed by atoms with van der Waals surface area (Å²) in [6.07, 6.45) is 1.88. The van der Waals surface area contributed by atoms with Gasteiger partial charge in [0, 0.05) is 10.9 Å². The Hall–Kier alpha value is -1.19. The maximum atomic E-state index is 13.0. The molecular weight excluding hydrogens is 233 g/mol. The first-order valence-corrected chi connectivity index (χ1v) is 6.59. The molecule has 0 spiro atoms. The summed E-state index contributed by atoms with van der Waals surface area (Å²) in [5, 5.41) is 2.07. The highest BCUT2D eigenvalue weighted by atomic mass is 32.1. The van der Waals surface area contributed by atoms with Crippen LogP contribution in [0.2, 0.25) is 0 Å². The van der Waals surface area contributed by atoms with E-state index < -0.39 is 0 Å². The zero-order valence-corrected chi connectivity index (χ0v) is 10.6. The third-order valence-electron chi connectivity index (χ3n) is 2.91. The normalized spacial score (nSPS) is 12.6. The summed E-state index contributed by atoms with van der Waals surface area (Å²) in [6, 6.07) is 8.97. The maximum Gasteiger partial charge on any atom is 0.123 e. The summed E-state index contributed by atoms with van der Waals surface area (Å²) in [5.74, 6) is -0.197. The molecule has 0 bridgehead atoms. The molecule has 0 amide bonds. The molecule has 1 aromatic heterocycles. The molecule has 0 aliphatic heterocycles. The van der Waals surface area contributed by atoms with E-state index in [1.807, 2.05) is 6.92 Å². The second-order valence-corrected chi connectivity index (χ2v) is 5.26. The Morgan fingerprint density at radius 2 is 2.18 bits per heavy atom. The van der Waals surface area contributed by atoms with E-state index in [2.05, 4.69) is 17.5 Å². The van der Waals surface area contributed by atoms with Crippen LogP contribution in [0.3, 0.4) is 0 Å². The van der Waals surface area contributed by atoms with Gasteiger partial charge >= 0.3 is 0 Å². The van der Waals surface area contributed by atoms with Crippen LogP contribution in [0.15, 0.2) is 35.7 Å². The van der Waals surface area contributed by atoms with Gasteiger partial charge in [-0.1, -0.05) is 12.1 Å². The molecule has 3 heteroatoms. The van der Waals surface area contributed by atoms with E-state index in [-0.39, 0.29) is 11.9 Å². The highest BCUT2D eigenvalue weighted by molar-refractivity contribution is 7.09. The zero-order valence-electron chi connectivity index (χ0n) is 9.82. The molecule has 1 heterocycles. The molecule has 0 saturated carbocycles.